The molecule has 0 bridgehead atoms. The second kappa shape index (κ2) is 4.59. The quantitative estimate of drug-likeness (QED) is 0.638. The lowest BCUT2D eigenvalue weighted by atomic mass is 9.96. The average Bonchev–Trinajstić information content (AvgIpc) is 2.23. The van der Waals surface area contributed by atoms with Crippen LogP contribution in [0.3, 0.4) is 0 Å². The number of anilines is 1. The van der Waals surface area contributed by atoms with E-state index in [0.29, 0.717) is 18.9 Å². The van der Waals surface area contributed by atoms with Gasteiger partial charge in [0.2, 0.25) is 0 Å². The van der Waals surface area contributed by atoms with Crippen molar-refractivity contribution in [2.24, 2.45) is 5.92 Å². The van der Waals surface area contributed by atoms with Crippen molar-refractivity contribution in [3.8, 4) is 0 Å². The van der Waals surface area contributed by atoms with Gasteiger partial charge >= 0.3 is 5.97 Å². The van der Waals surface area contributed by atoms with Gasteiger partial charge in [-0.1, -0.05) is 0 Å². The van der Waals surface area contributed by atoms with E-state index < -0.39 is 10.9 Å². The maximum atomic E-state index is 10.6. The Kier molecular flexibility index (Phi) is 3.14. The molecule has 2 heterocycles. The first-order valence-electron chi connectivity index (χ1n) is 5.55. The summed E-state index contributed by atoms with van der Waals surface area (Å²) in [5, 5.41) is 19.2. The first-order valence-corrected chi connectivity index (χ1v) is 5.55. The molecular formula is C11H13N3O4. The molecule has 18 heavy (non-hydrogen) atoms. The fraction of sp³-hybridized carbons (Fsp3) is 0.455. The number of aryl methyl sites for hydroxylation is 1. The molecule has 1 fully saturated rings. The van der Waals surface area contributed by atoms with Crippen molar-refractivity contribution in [1.29, 1.82) is 0 Å². The van der Waals surface area contributed by atoms with Crippen LogP contribution in [-0.2, 0) is 4.79 Å². The minimum absolute atomic E-state index is 0.0288. The van der Waals surface area contributed by atoms with Gasteiger partial charge in [-0.15, -0.1) is 0 Å². The molecule has 7 nitrogen and oxygen atoms in total. The highest BCUT2D eigenvalue weighted by Gasteiger charge is 2.30. The molecule has 1 aliphatic heterocycles. The van der Waals surface area contributed by atoms with Crippen molar-refractivity contribution < 1.29 is 14.8 Å². The van der Waals surface area contributed by atoms with E-state index >= 15 is 0 Å². The van der Waals surface area contributed by atoms with Gasteiger partial charge in [-0.2, -0.15) is 0 Å². The Morgan fingerprint density at radius 1 is 1.67 bits per heavy atom. The molecule has 1 aromatic heterocycles. The molecule has 0 spiro atoms. The monoisotopic (exact) mass is 251 g/mol. The minimum atomic E-state index is -0.798. The van der Waals surface area contributed by atoms with E-state index in [-0.39, 0.29) is 18.0 Å². The molecule has 1 saturated heterocycles. The number of hydrogen-bond acceptors (Lipinski definition) is 5. The molecule has 96 valence electrons. The maximum Gasteiger partial charge on any atom is 0.303 e. The van der Waals surface area contributed by atoms with Gasteiger partial charge in [0, 0.05) is 25.1 Å². The van der Waals surface area contributed by atoms with E-state index in [0.717, 1.165) is 5.56 Å². The van der Waals surface area contributed by atoms with Crippen molar-refractivity contribution in [3.05, 3.63) is 27.9 Å². The van der Waals surface area contributed by atoms with Crippen LogP contribution in [0, 0.1) is 23.0 Å². The van der Waals surface area contributed by atoms with E-state index in [1.165, 1.54) is 12.3 Å². The Balaban J connectivity index is 2.04. The van der Waals surface area contributed by atoms with Gasteiger partial charge in [-0.25, -0.2) is 4.98 Å². The molecule has 0 atom stereocenters. The van der Waals surface area contributed by atoms with Crippen molar-refractivity contribution in [2.75, 3.05) is 18.0 Å². The van der Waals surface area contributed by atoms with Crippen LogP contribution in [0.2, 0.25) is 0 Å². The summed E-state index contributed by atoms with van der Waals surface area (Å²) >= 11 is 0. The van der Waals surface area contributed by atoms with Gasteiger partial charge in [0.05, 0.1) is 11.3 Å². The van der Waals surface area contributed by atoms with Crippen molar-refractivity contribution in [3.63, 3.8) is 0 Å². The molecule has 1 aromatic rings. The van der Waals surface area contributed by atoms with Crippen LogP contribution in [0.4, 0.5) is 11.5 Å². The highest BCUT2D eigenvalue weighted by atomic mass is 16.6. The number of hydrogen-bond donors (Lipinski definition) is 1. The van der Waals surface area contributed by atoms with Crippen LogP contribution in [-0.4, -0.2) is 34.1 Å². The summed E-state index contributed by atoms with van der Waals surface area (Å²) in [7, 11) is 0. The number of aromatic nitrogens is 1. The fourth-order valence-electron chi connectivity index (χ4n) is 2.10. The van der Waals surface area contributed by atoms with Crippen LogP contribution < -0.4 is 4.90 Å². The molecule has 2 rings (SSSR count). The van der Waals surface area contributed by atoms with Gasteiger partial charge in [-0.3, -0.25) is 14.9 Å². The summed E-state index contributed by atoms with van der Waals surface area (Å²) in [6, 6.07) is 1.48. The maximum absolute atomic E-state index is 10.6. The third-order valence-electron chi connectivity index (χ3n) is 2.97. The zero-order chi connectivity index (χ0) is 13.3. The van der Waals surface area contributed by atoms with E-state index in [2.05, 4.69) is 4.98 Å². The number of rotatable bonds is 4. The smallest absolute Gasteiger partial charge is 0.303 e. The van der Waals surface area contributed by atoms with E-state index in [1.807, 2.05) is 4.90 Å². The molecule has 0 amide bonds. The summed E-state index contributed by atoms with van der Waals surface area (Å²) in [4.78, 5) is 26.6. The molecule has 0 aliphatic carbocycles. The van der Waals surface area contributed by atoms with E-state index in [1.54, 1.807) is 6.92 Å². The fourth-order valence-corrected chi connectivity index (χ4v) is 2.10. The number of carboxylic acids is 1. The van der Waals surface area contributed by atoms with Crippen LogP contribution in [0.5, 0.6) is 0 Å². The summed E-state index contributed by atoms with van der Waals surface area (Å²) in [6.07, 6.45) is 1.38. The summed E-state index contributed by atoms with van der Waals surface area (Å²) < 4.78 is 0. The Labute approximate surface area is 103 Å². The summed E-state index contributed by atoms with van der Waals surface area (Å²) in [5.74, 6) is 0.0363. The van der Waals surface area contributed by atoms with Crippen LogP contribution in [0.1, 0.15) is 12.0 Å². The second-order valence-electron chi connectivity index (χ2n) is 4.46. The van der Waals surface area contributed by atoms with Crippen molar-refractivity contribution in [2.45, 2.75) is 13.3 Å². The topological polar surface area (TPSA) is 96.6 Å². The second-order valence-corrected chi connectivity index (χ2v) is 4.46. The average molecular weight is 251 g/mol. The van der Waals surface area contributed by atoms with Crippen molar-refractivity contribution >= 4 is 17.5 Å². The molecule has 7 heteroatoms. The van der Waals surface area contributed by atoms with Crippen LogP contribution in [0.15, 0.2) is 12.3 Å². The van der Waals surface area contributed by atoms with Gasteiger partial charge in [-0.05, 0) is 12.5 Å². The lowest BCUT2D eigenvalue weighted by Crippen LogP contribution is -2.48. The lowest BCUT2D eigenvalue weighted by Gasteiger charge is -2.40. The standard InChI is InChI=1S/C11H13N3O4/c1-7-2-9(14(17)18)4-12-11(7)13-5-8(6-13)3-10(15)16/h2,4,8H,3,5-6H2,1H3,(H,15,16). The lowest BCUT2D eigenvalue weighted by molar-refractivity contribution is -0.385. The Morgan fingerprint density at radius 2 is 2.33 bits per heavy atom. The molecule has 0 aromatic carbocycles. The molecule has 1 N–H and O–H groups in total. The number of carboxylic acid groups (broad SMARTS) is 1. The molecule has 0 unspecified atom stereocenters. The number of carbonyl (C=O) groups is 1. The van der Waals surface area contributed by atoms with Gasteiger partial charge in [0.25, 0.3) is 5.69 Å². The van der Waals surface area contributed by atoms with E-state index in [9.17, 15) is 14.9 Å². The van der Waals surface area contributed by atoms with Gasteiger partial charge < -0.3 is 10.0 Å². The number of aliphatic carboxylic acids is 1. The SMILES string of the molecule is Cc1cc([N+](=O)[O-])cnc1N1CC(CC(=O)O)C1. The third-order valence-corrected chi connectivity index (χ3v) is 2.97. The number of nitro groups is 1. The molecule has 0 radical (unpaired) electrons. The highest BCUT2D eigenvalue weighted by Crippen LogP contribution is 2.28. The number of nitrogens with zero attached hydrogens (tertiary/aromatic N) is 3. The minimum Gasteiger partial charge on any atom is -0.481 e. The zero-order valence-electron chi connectivity index (χ0n) is 9.87. The normalized spacial score (nSPS) is 15.3. The summed E-state index contributed by atoms with van der Waals surface area (Å²) in [6.45, 7) is 3.04. The number of pyridine rings is 1. The Hall–Kier alpha value is -2.18. The highest BCUT2D eigenvalue weighted by molar-refractivity contribution is 5.68. The molecule has 0 saturated carbocycles. The van der Waals surface area contributed by atoms with Gasteiger partial charge in [0.1, 0.15) is 12.0 Å². The first kappa shape index (κ1) is 12.3. The van der Waals surface area contributed by atoms with Crippen LogP contribution in [0.25, 0.3) is 0 Å². The predicted octanol–water partition coefficient (Wildman–Crippen LogP) is 1.21. The third kappa shape index (κ3) is 2.39. The van der Waals surface area contributed by atoms with Gasteiger partial charge in [0.15, 0.2) is 0 Å². The Bertz CT molecular complexity index is 497. The molecular weight excluding hydrogens is 238 g/mol. The zero-order valence-corrected chi connectivity index (χ0v) is 9.87. The summed E-state index contributed by atoms with van der Waals surface area (Å²) in [5.41, 5.74) is 0.705. The Morgan fingerprint density at radius 3 is 2.83 bits per heavy atom. The van der Waals surface area contributed by atoms with Crippen molar-refractivity contribution in [1.82, 2.24) is 4.98 Å². The predicted molar refractivity (Wildman–Crippen MR) is 63.6 cm³/mol. The largest absolute Gasteiger partial charge is 0.481 e. The first-order chi connectivity index (χ1) is 8.47. The molecule has 1 aliphatic rings. The van der Waals surface area contributed by atoms with E-state index in [4.69, 9.17) is 5.11 Å². The van der Waals surface area contributed by atoms with Crippen LogP contribution >= 0.6 is 0 Å².